The van der Waals surface area contributed by atoms with E-state index in [1.807, 2.05) is 6.92 Å². The molecule has 2 aromatic carbocycles. The van der Waals surface area contributed by atoms with Crippen LogP contribution in [0.15, 0.2) is 64.8 Å². The standard InChI is InChI=1S/C27H31F3N6O8S/c1-5-34(36(39)33-44-17-43-25(37)18(2)3)14-15-42-26(38)32-45(40,41)22-12-10-21(11-13-22)35-23(16-24(31-35)27(28,29)30)20-8-6-19(4)7-9-20/h6-13,16,18H,5,14-15,17H2,1-4H3,(H,32,38). The van der Waals surface area contributed by atoms with E-state index in [0.29, 0.717) is 5.56 Å². The van der Waals surface area contributed by atoms with Crippen LogP contribution in [0.3, 0.4) is 0 Å². The summed E-state index contributed by atoms with van der Waals surface area (Å²) >= 11 is 0. The highest BCUT2D eigenvalue weighted by Gasteiger charge is 2.35. The normalized spacial score (nSPS) is 12.1. The van der Waals surface area contributed by atoms with Crippen LogP contribution in [0, 0.1) is 18.0 Å². The van der Waals surface area contributed by atoms with E-state index in [0.717, 1.165) is 33.5 Å². The largest absolute Gasteiger partial charge is 0.569 e. The van der Waals surface area contributed by atoms with Crippen molar-refractivity contribution in [2.24, 2.45) is 11.2 Å². The van der Waals surface area contributed by atoms with Crippen LogP contribution >= 0.6 is 0 Å². The molecule has 18 heteroatoms. The summed E-state index contributed by atoms with van der Waals surface area (Å²) in [5.74, 6) is -0.949. The van der Waals surface area contributed by atoms with Gasteiger partial charge in [0, 0.05) is 5.56 Å². The van der Waals surface area contributed by atoms with Gasteiger partial charge < -0.3 is 19.5 Å². The number of hydrogen-bond acceptors (Lipinski definition) is 10. The number of hydrazine groups is 1. The summed E-state index contributed by atoms with van der Waals surface area (Å²) in [5, 5.41) is 20.0. The van der Waals surface area contributed by atoms with Crippen molar-refractivity contribution in [2.45, 2.75) is 38.8 Å². The summed E-state index contributed by atoms with van der Waals surface area (Å²) < 4.78 is 78.2. The fourth-order valence-electron chi connectivity index (χ4n) is 3.60. The molecule has 3 aromatic rings. The monoisotopic (exact) mass is 656 g/mol. The van der Waals surface area contributed by atoms with Crippen molar-refractivity contribution < 1.29 is 50.5 Å². The second-order valence-corrected chi connectivity index (χ2v) is 11.4. The molecule has 45 heavy (non-hydrogen) atoms. The molecule has 1 aromatic heterocycles. The van der Waals surface area contributed by atoms with E-state index in [1.54, 1.807) is 49.8 Å². The van der Waals surface area contributed by atoms with Gasteiger partial charge in [0.15, 0.2) is 5.69 Å². The molecule has 0 saturated heterocycles. The van der Waals surface area contributed by atoms with Crippen molar-refractivity contribution in [1.82, 2.24) is 19.5 Å². The van der Waals surface area contributed by atoms with E-state index in [4.69, 9.17) is 9.47 Å². The van der Waals surface area contributed by atoms with Crippen molar-refractivity contribution in [1.29, 1.82) is 0 Å². The first-order chi connectivity index (χ1) is 21.1. The predicted octanol–water partition coefficient (Wildman–Crippen LogP) is 4.57. The first-order valence-corrected chi connectivity index (χ1v) is 14.9. The van der Waals surface area contributed by atoms with Gasteiger partial charge in [-0.3, -0.25) is 4.79 Å². The lowest BCUT2D eigenvalue weighted by atomic mass is 10.1. The Morgan fingerprint density at radius 1 is 1.11 bits per heavy atom. The Kier molecular flexibility index (Phi) is 11.3. The lowest BCUT2D eigenvalue weighted by Crippen LogP contribution is -2.36. The zero-order chi connectivity index (χ0) is 33.4. The molecule has 0 unspecified atom stereocenters. The van der Waals surface area contributed by atoms with Gasteiger partial charge in [-0.25, -0.2) is 22.6 Å². The Hall–Kier alpha value is -4.87. The molecule has 0 bridgehead atoms. The lowest BCUT2D eigenvalue weighted by Gasteiger charge is -2.16. The first-order valence-electron chi connectivity index (χ1n) is 13.4. The van der Waals surface area contributed by atoms with E-state index in [2.05, 4.69) is 15.2 Å². The number of sulfonamides is 1. The summed E-state index contributed by atoms with van der Waals surface area (Å²) in [7, 11) is -4.44. The van der Waals surface area contributed by atoms with E-state index in [1.165, 1.54) is 12.1 Å². The van der Waals surface area contributed by atoms with E-state index in [-0.39, 0.29) is 34.3 Å². The van der Waals surface area contributed by atoms with Crippen LogP contribution in [0.25, 0.3) is 16.9 Å². The molecule has 0 aliphatic heterocycles. The molecular formula is C27H31F3N6O8S. The minimum absolute atomic E-state index is 0.0459. The summed E-state index contributed by atoms with van der Waals surface area (Å²) in [5.41, 5.74) is 0.497. The fraction of sp³-hybridized carbons (Fsp3) is 0.370. The maximum atomic E-state index is 13.5. The fourth-order valence-corrected chi connectivity index (χ4v) is 4.49. The van der Waals surface area contributed by atoms with Crippen molar-refractivity contribution in [2.75, 3.05) is 26.5 Å². The number of amides is 1. The third-order valence-corrected chi connectivity index (χ3v) is 7.33. The summed E-state index contributed by atoms with van der Waals surface area (Å²) in [4.78, 5) is 27.8. The molecule has 3 rings (SSSR count). The molecule has 1 heterocycles. The van der Waals surface area contributed by atoms with Gasteiger partial charge in [-0.1, -0.05) is 43.7 Å². The van der Waals surface area contributed by atoms with Crippen molar-refractivity contribution >= 4 is 22.1 Å². The average molecular weight is 657 g/mol. The molecule has 0 saturated carbocycles. The Labute approximate surface area is 256 Å². The van der Waals surface area contributed by atoms with Crippen LogP contribution in [-0.4, -0.2) is 66.7 Å². The number of rotatable bonds is 13. The zero-order valence-corrected chi connectivity index (χ0v) is 25.5. The van der Waals surface area contributed by atoms with Crippen LogP contribution in [0.5, 0.6) is 0 Å². The molecule has 0 radical (unpaired) electrons. The van der Waals surface area contributed by atoms with Crippen LogP contribution in [0.1, 0.15) is 32.0 Å². The summed E-state index contributed by atoms with van der Waals surface area (Å²) in [6.45, 7) is 5.53. The van der Waals surface area contributed by atoms with Crippen molar-refractivity contribution in [3.63, 3.8) is 0 Å². The molecule has 0 atom stereocenters. The number of carbonyl (C=O) groups excluding carboxylic acids is 2. The quantitative estimate of drug-likeness (QED) is 0.0687. The van der Waals surface area contributed by atoms with Gasteiger partial charge >= 0.3 is 18.2 Å². The highest BCUT2D eigenvalue weighted by atomic mass is 32.2. The number of alkyl halides is 3. The molecule has 1 N–H and O–H groups in total. The van der Waals surface area contributed by atoms with Gasteiger partial charge in [0.25, 0.3) is 16.8 Å². The third kappa shape index (κ3) is 9.56. The van der Waals surface area contributed by atoms with E-state index < -0.39 is 53.3 Å². The van der Waals surface area contributed by atoms with Gasteiger partial charge in [0.1, 0.15) is 13.2 Å². The maximum absolute atomic E-state index is 13.5. The van der Waals surface area contributed by atoms with E-state index >= 15 is 0 Å². The third-order valence-electron chi connectivity index (χ3n) is 6.00. The number of nitrogens with zero attached hydrogens (tertiary/aromatic N) is 5. The minimum atomic E-state index is -4.72. The number of hydrogen-bond donors (Lipinski definition) is 1. The van der Waals surface area contributed by atoms with Gasteiger partial charge in [-0.2, -0.15) is 18.3 Å². The number of aryl methyl sites for hydroxylation is 1. The number of esters is 1. The van der Waals surface area contributed by atoms with Gasteiger partial charge in [0.2, 0.25) is 5.28 Å². The Balaban J connectivity index is 1.63. The van der Waals surface area contributed by atoms with Gasteiger partial charge in [0.05, 0.1) is 33.7 Å². The number of benzene rings is 2. The maximum Gasteiger partial charge on any atom is 0.435 e. The summed E-state index contributed by atoms with van der Waals surface area (Å²) in [6, 6.07) is 12.3. The van der Waals surface area contributed by atoms with Crippen LogP contribution in [0.4, 0.5) is 18.0 Å². The predicted molar refractivity (Wildman–Crippen MR) is 151 cm³/mol. The first kappa shape index (κ1) is 34.6. The molecule has 244 valence electrons. The van der Waals surface area contributed by atoms with Gasteiger partial charge in [-0.15, -0.1) is 5.01 Å². The van der Waals surface area contributed by atoms with Crippen LogP contribution in [0.2, 0.25) is 0 Å². The lowest BCUT2D eigenvalue weighted by molar-refractivity contribution is -0.711. The summed E-state index contributed by atoms with van der Waals surface area (Å²) in [6.07, 6.45) is -6.06. The minimum Gasteiger partial charge on any atom is -0.569 e. The molecule has 0 aliphatic rings. The number of ether oxygens (including phenoxy) is 2. The second kappa shape index (κ2) is 14.7. The van der Waals surface area contributed by atoms with Gasteiger partial charge in [-0.05, 0) is 44.2 Å². The number of carbonyl (C=O) groups is 2. The smallest absolute Gasteiger partial charge is 0.435 e. The second-order valence-electron chi connectivity index (χ2n) is 9.67. The Bertz CT molecular complexity index is 1610. The van der Waals surface area contributed by atoms with E-state index in [9.17, 15) is 36.4 Å². The number of halogens is 3. The molecular weight excluding hydrogens is 625 g/mol. The average Bonchev–Trinajstić information content (AvgIpc) is 3.44. The molecule has 0 fully saturated rings. The Morgan fingerprint density at radius 3 is 2.33 bits per heavy atom. The Morgan fingerprint density at radius 2 is 1.76 bits per heavy atom. The van der Waals surface area contributed by atoms with Crippen molar-refractivity contribution in [3.05, 3.63) is 71.1 Å². The topological polar surface area (TPSA) is 167 Å². The number of likely N-dealkylation sites (N-methyl/N-ethyl adjacent to an activating group) is 1. The highest BCUT2D eigenvalue weighted by molar-refractivity contribution is 7.90. The SMILES string of the molecule is CCN(CCOC(=O)NS(=O)(=O)c1ccc(-n2nc(C(F)(F)F)cc2-c2ccc(C)cc2)cc1)[N+]([O-])=NOCOC(=O)C(C)C. The van der Waals surface area contributed by atoms with Crippen molar-refractivity contribution in [3.8, 4) is 16.9 Å². The zero-order valence-electron chi connectivity index (χ0n) is 24.6. The molecule has 0 spiro atoms. The number of aromatic nitrogens is 2. The number of nitrogens with one attached hydrogen (secondary N) is 1. The molecule has 0 aliphatic carbocycles. The van der Waals surface area contributed by atoms with Crippen LogP contribution < -0.4 is 4.72 Å². The van der Waals surface area contributed by atoms with Crippen LogP contribution in [-0.2, 0) is 35.3 Å². The molecule has 1 amide bonds. The highest BCUT2D eigenvalue weighted by Crippen LogP contribution is 2.33. The molecule has 14 nitrogen and oxygen atoms in total.